The fourth-order valence-corrected chi connectivity index (χ4v) is 3.88. The Morgan fingerprint density at radius 2 is 1.93 bits per heavy atom. The van der Waals surface area contributed by atoms with Crippen LogP contribution in [0.15, 0.2) is 53.7 Å². The van der Waals surface area contributed by atoms with Crippen molar-refractivity contribution in [2.45, 2.75) is 18.2 Å². The zero-order chi connectivity index (χ0) is 21.0. The summed E-state index contributed by atoms with van der Waals surface area (Å²) in [5.74, 6) is 5.73. The van der Waals surface area contributed by atoms with Crippen LogP contribution in [0, 0.1) is 6.92 Å². The summed E-state index contributed by atoms with van der Waals surface area (Å²) in [5.41, 5.74) is 5.15. The van der Waals surface area contributed by atoms with Crippen molar-refractivity contribution in [2.75, 3.05) is 6.26 Å². The lowest BCUT2D eigenvalue weighted by Gasteiger charge is -2.09. The van der Waals surface area contributed by atoms with Crippen LogP contribution in [0.3, 0.4) is 0 Å². The highest BCUT2D eigenvalue weighted by Crippen LogP contribution is 2.29. The second-order valence-electron chi connectivity index (χ2n) is 5.81. The molecular formula is C18H18F3N5OS2. The molecule has 0 bridgehead atoms. The molecule has 0 aliphatic carbocycles. The summed E-state index contributed by atoms with van der Waals surface area (Å²) < 4.78 is 43.1. The topological polar surface area (TPSA) is 78.0 Å². The number of thioether (sulfide) groups is 1. The predicted octanol–water partition coefficient (Wildman–Crippen LogP) is 3.88. The van der Waals surface area contributed by atoms with E-state index in [0.717, 1.165) is 31.7 Å². The number of halogens is 3. The predicted molar refractivity (Wildman–Crippen MR) is 111 cm³/mol. The van der Waals surface area contributed by atoms with Crippen LogP contribution < -0.4 is 16.0 Å². The van der Waals surface area contributed by atoms with Gasteiger partial charge >= 0.3 is 6.36 Å². The van der Waals surface area contributed by atoms with Crippen LogP contribution in [0.5, 0.6) is 5.75 Å². The number of aromatic nitrogens is 3. The van der Waals surface area contributed by atoms with E-state index in [9.17, 15) is 13.2 Å². The number of nitrogens with one attached hydrogen (secondary N) is 1. The van der Waals surface area contributed by atoms with Crippen LogP contribution in [0.25, 0.3) is 17.1 Å². The van der Waals surface area contributed by atoms with E-state index in [-0.39, 0.29) is 5.75 Å². The Kier molecular flexibility index (Phi) is 6.63. The number of hydrazine groups is 1. The minimum Gasteiger partial charge on any atom is -0.406 e. The lowest BCUT2D eigenvalue weighted by molar-refractivity contribution is -0.274. The van der Waals surface area contributed by atoms with Gasteiger partial charge in [0.25, 0.3) is 0 Å². The lowest BCUT2D eigenvalue weighted by Crippen LogP contribution is -2.26. The van der Waals surface area contributed by atoms with Crippen molar-refractivity contribution in [2.24, 2.45) is 5.84 Å². The Labute approximate surface area is 173 Å². The minimum atomic E-state index is -4.73. The van der Waals surface area contributed by atoms with Gasteiger partial charge in [-0.05, 0) is 49.1 Å². The van der Waals surface area contributed by atoms with Gasteiger partial charge in [-0.25, -0.2) is 15.1 Å². The van der Waals surface area contributed by atoms with E-state index in [1.54, 1.807) is 0 Å². The summed E-state index contributed by atoms with van der Waals surface area (Å²) in [6, 6.07) is 11.3. The normalized spacial score (nSPS) is 12.6. The average molecular weight is 442 g/mol. The van der Waals surface area contributed by atoms with Crippen LogP contribution in [0.4, 0.5) is 13.2 Å². The van der Waals surface area contributed by atoms with E-state index in [1.165, 1.54) is 47.0 Å². The third-order valence-corrected chi connectivity index (χ3v) is 6.13. The summed E-state index contributed by atoms with van der Waals surface area (Å²) in [5, 5.41) is 4.43. The van der Waals surface area contributed by atoms with E-state index in [1.807, 2.05) is 31.4 Å². The maximum Gasteiger partial charge on any atom is 0.573 e. The van der Waals surface area contributed by atoms with Gasteiger partial charge in [0, 0.05) is 10.5 Å². The summed E-state index contributed by atoms with van der Waals surface area (Å²) in [6.45, 7) is 2.00. The Hall–Kier alpha value is -2.34. The number of alkyl halides is 3. The number of benzene rings is 2. The number of nitrogens with zero attached hydrogens (tertiary/aromatic N) is 3. The molecule has 3 N–H and O–H groups in total. The number of rotatable bonds is 4. The van der Waals surface area contributed by atoms with Crippen LogP contribution >= 0.6 is 23.1 Å². The molecule has 0 amide bonds. The minimum absolute atomic E-state index is 0.294. The first-order valence-electron chi connectivity index (χ1n) is 8.29. The van der Waals surface area contributed by atoms with Crippen LogP contribution in [-0.2, 0) is 0 Å². The highest BCUT2D eigenvalue weighted by Gasteiger charge is 2.31. The molecule has 11 heteroatoms. The van der Waals surface area contributed by atoms with Crippen molar-refractivity contribution < 1.29 is 17.9 Å². The van der Waals surface area contributed by atoms with Crippen LogP contribution in [0.2, 0.25) is 0 Å². The maximum atomic E-state index is 12.3. The summed E-state index contributed by atoms with van der Waals surface area (Å²) in [4.78, 5) is 5.34. The molecule has 0 aliphatic heterocycles. The first-order valence-corrected chi connectivity index (χ1v) is 10.4. The van der Waals surface area contributed by atoms with Gasteiger partial charge < -0.3 is 4.74 Å². The smallest absolute Gasteiger partial charge is 0.406 e. The third-order valence-electron chi connectivity index (χ3n) is 3.81. The summed E-state index contributed by atoms with van der Waals surface area (Å²) >= 11 is 2.56. The van der Waals surface area contributed by atoms with E-state index in [0.29, 0.717) is 11.5 Å². The largest absolute Gasteiger partial charge is 0.573 e. The molecule has 3 rings (SSSR count). The van der Waals surface area contributed by atoms with Gasteiger partial charge in [-0.1, -0.05) is 23.9 Å². The summed E-state index contributed by atoms with van der Waals surface area (Å²) in [7, 11) is 0. The van der Waals surface area contributed by atoms with Crippen molar-refractivity contribution in [3.05, 3.63) is 54.4 Å². The zero-order valence-electron chi connectivity index (χ0n) is 15.4. The second-order valence-corrected chi connectivity index (χ2v) is 8.06. The van der Waals surface area contributed by atoms with Crippen LogP contribution in [-0.4, -0.2) is 31.7 Å². The monoisotopic (exact) mass is 441 g/mol. The zero-order valence-corrected chi connectivity index (χ0v) is 17.1. The first-order chi connectivity index (χ1) is 13.8. The molecule has 1 heterocycles. The lowest BCUT2D eigenvalue weighted by atomic mass is 10.1. The van der Waals surface area contributed by atoms with Crippen molar-refractivity contribution in [1.82, 2.24) is 20.2 Å². The molecule has 2 aromatic carbocycles. The molecule has 0 spiro atoms. The van der Waals surface area contributed by atoms with Gasteiger partial charge in [0.05, 0.1) is 10.0 Å². The first kappa shape index (κ1) is 21.4. The molecule has 6 nitrogen and oxygen atoms in total. The fraction of sp³-hybridized carbons (Fsp3) is 0.167. The van der Waals surface area contributed by atoms with Crippen molar-refractivity contribution in [3.63, 3.8) is 0 Å². The molecule has 1 aromatic heterocycles. The average Bonchev–Trinajstić information content (AvgIpc) is 3.17. The molecule has 29 heavy (non-hydrogen) atoms. The highest BCUT2D eigenvalue weighted by atomic mass is 32.2. The maximum absolute atomic E-state index is 12.3. The molecule has 3 aromatic rings. The molecule has 0 saturated carbocycles. The molecule has 0 atom stereocenters. The van der Waals surface area contributed by atoms with Gasteiger partial charge in [0.15, 0.2) is 5.82 Å². The number of thiol groups is 1. The molecule has 0 fully saturated rings. The summed E-state index contributed by atoms with van der Waals surface area (Å²) in [6.07, 6.45) is -1.24. The molecule has 154 valence electrons. The Morgan fingerprint density at radius 1 is 1.21 bits per heavy atom. The molecular weight excluding hydrogens is 423 g/mol. The van der Waals surface area contributed by atoms with Crippen molar-refractivity contribution in [1.29, 1.82) is 0 Å². The Bertz CT molecular complexity index is 1020. The second kappa shape index (κ2) is 8.99. The van der Waals surface area contributed by atoms with E-state index in [4.69, 9.17) is 5.84 Å². The number of hydrogen-bond acceptors (Lipinski definition) is 5. The van der Waals surface area contributed by atoms with E-state index >= 15 is 0 Å². The SMILES string of the molecule is C/[SH]=C(\NN)Sc1cc(-c2ncn(-c3ccc(OC(F)(F)F)cc3)n2)ccc1C. The molecule has 0 unspecified atom stereocenters. The molecule has 0 saturated heterocycles. The van der Waals surface area contributed by atoms with E-state index < -0.39 is 6.36 Å². The highest BCUT2D eigenvalue weighted by molar-refractivity contribution is 8.26. The van der Waals surface area contributed by atoms with Gasteiger partial charge in [-0.3, -0.25) is 5.84 Å². The van der Waals surface area contributed by atoms with Crippen molar-refractivity contribution >= 4 is 27.4 Å². The number of hydrogen-bond donors (Lipinski definition) is 3. The number of aryl methyl sites for hydroxylation is 1. The van der Waals surface area contributed by atoms with Crippen molar-refractivity contribution in [3.8, 4) is 22.8 Å². The Morgan fingerprint density at radius 3 is 2.55 bits per heavy atom. The van der Waals surface area contributed by atoms with Gasteiger partial charge in [0.2, 0.25) is 0 Å². The quantitative estimate of drug-likeness (QED) is 0.188. The third kappa shape index (κ3) is 5.60. The van der Waals surface area contributed by atoms with Crippen LogP contribution in [0.1, 0.15) is 5.56 Å². The van der Waals surface area contributed by atoms with Gasteiger partial charge in [-0.15, -0.1) is 18.3 Å². The van der Waals surface area contributed by atoms with Gasteiger partial charge in [-0.2, -0.15) is 11.4 Å². The molecule has 0 radical (unpaired) electrons. The molecule has 0 aliphatic rings. The Balaban J connectivity index is 1.83. The standard InChI is InChI=1S/C18H18F3N5OS2/c1-11-3-4-12(9-15(11)29-17(24-22)28-2)16-23-10-26(25-16)13-5-7-14(8-6-13)27-18(19,20)21/h3-10,24,28H,22H2,1-2H3. The number of nitrogens with two attached hydrogens (primary N) is 1. The fourth-order valence-electron chi connectivity index (χ4n) is 2.41. The van der Waals surface area contributed by atoms with E-state index in [2.05, 4.69) is 20.2 Å². The number of ether oxygens (including phenoxy) is 1. The van der Waals surface area contributed by atoms with Gasteiger partial charge in [0.1, 0.15) is 12.1 Å².